The molecule has 1 saturated heterocycles. The fraction of sp³-hybridized carbons (Fsp3) is 0.357. The number of carbonyl (C=O) groups is 1. The molecule has 2 aromatic rings. The summed E-state index contributed by atoms with van der Waals surface area (Å²) in [6.45, 7) is 0.675. The predicted octanol–water partition coefficient (Wildman–Crippen LogP) is 1.35. The molecule has 0 aromatic carbocycles. The first-order valence-electron chi connectivity index (χ1n) is 6.55. The summed E-state index contributed by atoms with van der Waals surface area (Å²) >= 11 is 0. The molecular weight excluding hydrogens is 258 g/mol. The molecule has 0 saturated carbocycles. The number of aryl methyl sites for hydroxylation is 1. The van der Waals surface area contributed by atoms with E-state index < -0.39 is 0 Å². The van der Waals surface area contributed by atoms with Gasteiger partial charge in [-0.25, -0.2) is 4.68 Å². The zero-order valence-corrected chi connectivity index (χ0v) is 11.2. The van der Waals surface area contributed by atoms with Crippen LogP contribution in [-0.4, -0.2) is 27.1 Å². The fourth-order valence-corrected chi connectivity index (χ4v) is 2.55. The Morgan fingerprint density at radius 2 is 2.25 bits per heavy atom. The average molecular weight is 273 g/mol. The van der Waals surface area contributed by atoms with E-state index in [1.807, 2.05) is 12.1 Å². The van der Waals surface area contributed by atoms with Gasteiger partial charge in [0.2, 0.25) is 0 Å². The Morgan fingerprint density at radius 3 is 2.95 bits per heavy atom. The smallest absolute Gasteiger partial charge is 0.274 e. The molecule has 1 atom stereocenters. The lowest BCUT2D eigenvalue weighted by Gasteiger charge is -2.22. The number of furan rings is 1. The Bertz CT molecular complexity index is 675. The van der Waals surface area contributed by atoms with E-state index in [1.165, 1.54) is 23.9 Å². The summed E-state index contributed by atoms with van der Waals surface area (Å²) in [7, 11) is 1.53. The number of hydrogen-bond donors (Lipinski definition) is 0. The number of aromatic nitrogens is 2. The van der Waals surface area contributed by atoms with Crippen LogP contribution in [0.2, 0.25) is 0 Å². The van der Waals surface area contributed by atoms with Crippen molar-refractivity contribution in [1.29, 1.82) is 0 Å². The third-order valence-electron chi connectivity index (χ3n) is 3.56. The third-order valence-corrected chi connectivity index (χ3v) is 3.56. The van der Waals surface area contributed by atoms with Gasteiger partial charge in [-0.1, -0.05) is 0 Å². The molecule has 1 aliphatic heterocycles. The van der Waals surface area contributed by atoms with Crippen LogP contribution in [0.25, 0.3) is 0 Å². The van der Waals surface area contributed by atoms with E-state index in [4.69, 9.17) is 4.42 Å². The van der Waals surface area contributed by atoms with Crippen LogP contribution in [0.4, 0.5) is 0 Å². The van der Waals surface area contributed by atoms with Crippen LogP contribution in [0.15, 0.2) is 39.7 Å². The molecule has 3 heterocycles. The van der Waals surface area contributed by atoms with Gasteiger partial charge in [-0.3, -0.25) is 9.59 Å². The monoisotopic (exact) mass is 273 g/mol. The zero-order valence-electron chi connectivity index (χ0n) is 11.2. The van der Waals surface area contributed by atoms with Gasteiger partial charge in [-0.15, -0.1) is 0 Å². The lowest BCUT2D eigenvalue weighted by atomic mass is 10.1. The van der Waals surface area contributed by atoms with Crippen molar-refractivity contribution in [1.82, 2.24) is 14.7 Å². The molecule has 1 fully saturated rings. The molecule has 3 rings (SSSR count). The van der Waals surface area contributed by atoms with Crippen LogP contribution in [0, 0.1) is 0 Å². The van der Waals surface area contributed by atoms with Gasteiger partial charge in [0.15, 0.2) is 0 Å². The molecule has 1 aliphatic rings. The Labute approximate surface area is 115 Å². The minimum Gasteiger partial charge on any atom is -0.467 e. The summed E-state index contributed by atoms with van der Waals surface area (Å²) in [6.07, 6.45) is 3.43. The molecule has 0 bridgehead atoms. The molecule has 0 aliphatic carbocycles. The van der Waals surface area contributed by atoms with E-state index in [0.717, 1.165) is 18.6 Å². The average Bonchev–Trinajstić information content (AvgIpc) is 3.10. The number of amides is 1. The summed E-state index contributed by atoms with van der Waals surface area (Å²) in [4.78, 5) is 25.6. The maximum absolute atomic E-state index is 12.5. The fourth-order valence-electron chi connectivity index (χ4n) is 2.55. The molecule has 104 valence electrons. The van der Waals surface area contributed by atoms with E-state index in [-0.39, 0.29) is 23.2 Å². The predicted molar refractivity (Wildman–Crippen MR) is 71.2 cm³/mol. The second-order valence-corrected chi connectivity index (χ2v) is 4.85. The molecule has 0 N–H and O–H groups in total. The van der Waals surface area contributed by atoms with E-state index in [0.29, 0.717) is 6.54 Å². The molecule has 6 heteroatoms. The van der Waals surface area contributed by atoms with Gasteiger partial charge in [-0.05, 0) is 31.0 Å². The highest BCUT2D eigenvalue weighted by Gasteiger charge is 2.33. The largest absolute Gasteiger partial charge is 0.467 e. The Hall–Kier alpha value is -2.37. The molecular formula is C14H15N3O3. The summed E-state index contributed by atoms with van der Waals surface area (Å²) < 4.78 is 6.58. The summed E-state index contributed by atoms with van der Waals surface area (Å²) in [5, 5.41) is 4.02. The van der Waals surface area contributed by atoms with Crippen LogP contribution in [0.5, 0.6) is 0 Å². The van der Waals surface area contributed by atoms with Crippen molar-refractivity contribution >= 4 is 5.91 Å². The zero-order chi connectivity index (χ0) is 14.1. The minimum atomic E-state index is -0.231. The third kappa shape index (κ3) is 2.13. The van der Waals surface area contributed by atoms with E-state index in [2.05, 4.69) is 5.10 Å². The maximum atomic E-state index is 12.5. The van der Waals surface area contributed by atoms with Gasteiger partial charge in [-0.2, -0.15) is 5.10 Å². The molecule has 20 heavy (non-hydrogen) atoms. The lowest BCUT2D eigenvalue weighted by Crippen LogP contribution is -2.33. The molecule has 2 aromatic heterocycles. The van der Waals surface area contributed by atoms with Crippen LogP contribution >= 0.6 is 0 Å². The van der Waals surface area contributed by atoms with Gasteiger partial charge < -0.3 is 9.32 Å². The van der Waals surface area contributed by atoms with Crippen LogP contribution in [0.3, 0.4) is 0 Å². The number of carbonyl (C=O) groups excluding carboxylic acids is 1. The Morgan fingerprint density at radius 1 is 1.40 bits per heavy atom. The van der Waals surface area contributed by atoms with Crippen molar-refractivity contribution in [2.45, 2.75) is 18.9 Å². The number of nitrogens with zero attached hydrogens (tertiary/aromatic N) is 3. The summed E-state index contributed by atoms with van der Waals surface area (Å²) in [5.41, 5.74) is 0.0520. The van der Waals surface area contributed by atoms with Gasteiger partial charge in [0.05, 0.1) is 12.3 Å². The van der Waals surface area contributed by atoms with Crippen molar-refractivity contribution in [2.75, 3.05) is 6.54 Å². The number of hydrogen-bond acceptors (Lipinski definition) is 4. The van der Waals surface area contributed by atoms with Crippen molar-refractivity contribution in [3.63, 3.8) is 0 Å². The van der Waals surface area contributed by atoms with Gasteiger partial charge in [0, 0.05) is 19.7 Å². The van der Waals surface area contributed by atoms with Gasteiger partial charge >= 0.3 is 0 Å². The first-order chi connectivity index (χ1) is 9.66. The second-order valence-electron chi connectivity index (χ2n) is 4.85. The SMILES string of the molecule is Cn1nc(C(=O)N2CCC[C@@H]2c2ccco2)ccc1=O. The van der Waals surface area contributed by atoms with Gasteiger partial charge in [0.1, 0.15) is 11.5 Å². The van der Waals surface area contributed by atoms with Crippen molar-refractivity contribution in [3.8, 4) is 0 Å². The lowest BCUT2D eigenvalue weighted by molar-refractivity contribution is 0.0711. The van der Waals surface area contributed by atoms with Crippen LogP contribution in [-0.2, 0) is 7.05 Å². The summed E-state index contributed by atoms with van der Waals surface area (Å²) in [5.74, 6) is 0.625. The van der Waals surface area contributed by atoms with Crippen LogP contribution < -0.4 is 5.56 Å². The van der Waals surface area contributed by atoms with Crippen molar-refractivity contribution < 1.29 is 9.21 Å². The highest BCUT2D eigenvalue weighted by molar-refractivity contribution is 5.92. The molecule has 0 radical (unpaired) electrons. The number of rotatable bonds is 2. The molecule has 0 spiro atoms. The normalized spacial score (nSPS) is 18.4. The van der Waals surface area contributed by atoms with E-state index >= 15 is 0 Å². The van der Waals surface area contributed by atoms with Crippen LogP contribution in [0.1, 0.15) is 35.1 Å². The molecule has 0 unspecified atom stereocenters. The quantitative estimate of drug-likeness (QED) is 0.828. The highest BCUT2D eigenvalue weighted by Crippen LogP contribution is 2.32. The Balaban J connectivity index is 1.89. The first-order valence-corrected chi connectivity index (χ1v) is 6.55. The van der Waals surface area contributed by atoms with Gasteiger partial charge in [0.25, 0.3) is 11.5 Å². The molecule has 6 nitrogen and oxygen atoms in total. The minimum absolute atomic E-state index is 0.0449. The topological polar surface area (TPSA) is 68.3 Å². The standard InChI is InChI=1S/C14H15N3O3/c1-16-13(18)7-6-10(15-16)14(19)17-8-2-4-11(17)12-5-3-9-20-12/h3,5-7,9,11H,2,4,8H2,1H3/t11-/m1/s1. The van der Waals surface area contributed by atoms with E-state index in [9.17, 15) is 9.59 Å². The van der Waals surface area contributed by atoms with E-state index in [1.54, 1.807) is 11.2 Å². The number of likely N-dealkylation sites (tertiary alicyclic amines) is 1. The first kappa shape index (κ1) is 12.7. The summed E-state index contributed by atoms with van der Waals surface area (Å²) in [6, 6.07) is 6.49. The van der Waals surface area contributed by atoms with Crippen molar-refractivity contribution in [2.24, 2.45) is 7.05 Å². The second kappa shape index (κ2) is 4.96. The highest BCUT2D eigenvalue weighted by atomic mass is 16.3. The maximum Gasteiger partial charge on any atom is 0.274 e. The van der Waals surface area contributed by atoms with Crippen molar-refractivity contribution in [3.05, 3.63) is 52.3 Å². The molecule has 1 amide bonds. The Kier molecular flexibility index (Phi) is 3.14.